The Morgan fingerprint density at radius 1 is 1.64 bits per heavy atom. The van der Waals surface area contributed by atoms with Crippen molar-refractivity contribution in [2.45, 2.75) is 25.8 Å². The van der Waals surface area contributed by atoms with Crippen molar-refractivity contribution in [2.24, 2.45) is 5.92 Å². The zero-order valence-electron chi connectivity index (χ0n) is 7.74. The summed E-state index contributed by atoms with van der Waals surface area (Å²) in [6.45, 7) is 0.915. The largest absolute Gasteiger partial charge is 0.478 e. The number of aromatic carboxylic acids is 1. The normalized spacial score (nSPS) is 15.8. The summed E-state index contributed by atoms with van der Waals surface area (Å²) >= 11 is 3.36. The molecule has 1 aliphatic rings. The van der Waals surface area contributed by atoms with E-state index < -0.39 is 5.97 Å². The van der Waals surface area contributed by atoms with Gasteiger partial charge in [0.15, 0.2) is 0 Å². The van der Waals surface area contributed by atoms with E-state index in [4.69, 9.17) is 5.11 Å². The summed E-state index contributed by atoms with van der Waals surface area (Å²) in [6.07, 6.45) is 5.52. The quantitative estimate of drug-likeness (QED) is 0.902. The molecule has 1 N–H and O–H groups in total. The number of aryl methyl sites for hydroxylation is 1. The van der Waals surface area contributed by atoms with Gasteiger partial charge in [-0.15, -0.1) is 0 Å². The SMILES string of the molecule is O=C(O)c1cc(Br)n(CCC2CC2)c1. The highest BCUT2D eigenvalue weighted by molar-refractivity contribution is 9.10. The summed E-state index contributed by atoms with van der Waals surface area (Å²) in [5.74, 6) is 0.00782. The standard InChI is InChI=1S/C10H12BrNO2/c11-9-5-8(10(13)14)6-12(9)4-3-7-1-2-7/h5-7H,1-4H2,(H,13,14). The van der Waals surface area contributed by atoms with Gasteiger partial charge in [0.25, 0.3) is 0 Å². The van der Waals surface area contributed by atoms with Gasteiger partial charge in [-0.3, -0.25) is 0 Å². The van der Waals surface area contributed by atoms with Crippen LogP contribution in [-0.2, 0) is 6.54 Å². The molecule has 0 atom stereocenters. The lowest BCUT2D eigenvalue weighted by molar-refractivity contribution is 0.0697. The zero-order valence-corrected chi connectivity index (χ0v) is 9.33. The van der Waals surface area contributed by atoms with Crippen LogP contribution in [0.4, 0.5) is 0 Å². The number of hydrogen-bond donors (Lipinski definition) is 1. The number of aromatic nitrogens is 1. The molecule has 0 spiro atoms. The van der Waals surface area contributed by atoms with E-state index in [9.17, 15) is 4.79 Å². The van der Waals surface area contributed by atoms with Crippen LogP contribution in [0.15, 0.2) is 16.9 Å². The number of carboxylic acids is 1. The second kappa shape index (κ2) is 3.77. The van der Waals surface area contributed by atoms with E-state index in [1.54, 1.807) is 12.3 Å². The number of carboxylic acid groups (broad SMARTS) is 1. The molecule has 1 aromatic rings. The number of carbonyl (C=O) groups is 1. The third-order valence-electron chi connectivity index (χ3n) is 2.57. The van der Waals surface area contributed by atoms with Crippen molar-refractivity contribution in [2.75, 3.05) is 0 Å². The molecule has 1 saturated carbocycles. The third kappa shape index (κ3) is 2.18. The Kier molecular flexibility index (Phi) is 2.63. The Balaban J connectivity index is 2.03. The summed E-state index contributed by atoms with van der Waals surface area (Å²) in [5, 5.41) is 8.78. The molecule has 0 unspecified atom stereocenters. The molecule has 0 saturated heterocycles. The van der Waals surface area contributed by atoms with Gasteiger partial charge in [0.2, 0.25) is 0 Å². The van der Waals surface area contributed by atoms with Gasteiger partial charge in [0.05, 0.1) is 10.2 Å². The van der Waals surface area contributed by atoms with Crippen molar-refractivity contribution in [3.63, 3.8) is 0 Å². The van der Waals surface area contributed by atoms with Crippen molar-refractivity contribution in [1.29, 1.82) is 0 Å². The summed E-state index contributed by atoms with van der Waals surface area (Å²) in [6, 6.07) is 1.65. The van der Waals surface area contributed by atoms with Crippen LogP contribution in [0.25, 0.3) is 0 Å². The minimum absolute atomic E-state index is 0.354. The highest BCUT2D eigenvalue weighted by atomic mass is 79.9. The minimum Gasteiger partial charge on any atom is -0.478 e. The van der Waals surface area contributed by atoms with Crippen molar-refractivity contribution < 1.29 is 9.90 Å². The molecule has 0 radical (unpaired) electrons. The van der Waals surface area contributed by atoms with Crippen LogP contribution in [-0.4, -0.2) is 15.6 Å². The molecule has 1 aliphatic carbocycles. The van der Waals surface area contributed by atoms with E-state index in [2.05, 4.69) is 15.9 Å². The molecule has 1 heterocycles. The minimum atomic E-state index is -0.865. The van der Waals surface area contributed by atoms with Crippen LogP contribution in [0.3, 0.4) is 0 Å². The monoisotopic (exact) mass is 257 g/mol. The maximum absolute atomic E-state index is 10.7. The molecule has 0 amide bonds. The van der Waals surface area contributed by atoms with Crippen molar-refractivity contribution in [3.8, 4) is 0 Å². The summed E-state index contributed by atoms with van der Waals surface area (Å²) in [5.41, 5.74) is 0.354. The van der Waals surface area contributed by atoms with Crippen molar-refractivity contribution >= 4 is 21.9 Å². The van der Waals surface area contributed by atoms with Gasteiger partial charge < -0.3 is 9.67 Å². The van der Waals surface area contributed by atoms with Crippen molar-refractivity contribution in [1.82, 2.24) is 4.57 Å². The molecular weight excluding hydrogens is 246 g/mol. The maximum atomic E-state index is 10.7. The predicted octanol–water partition coefficient (Wildman–Crippen LogP) is 2.75. The first kappa shape index (κ1) is 9.77. The Morgan fingerprint density at radius 3 is 2.86 bits per heavy atom. The fourth-order valence-electron chi connectivity index (χ4n) is 1.49. The molecule has 0 aliphatic heterocycles. The Bertz CT molecular complexity index is 355. The number of hydrogen-bond acceptors (Lipinski definition) is 1. The van der Waals surface area contributed by atoms with Crippen LogP contribution in [0, 0.1) is 5.92 Å². The summed E-state index contributed by atoms with van der Waals surface area (Å²) in [7, 11) is 0. The smallest absolute Gasteiger partial charge is 0.337 e. The van der Waals surface area contributed by atoms with Gasteiger partial charge in [-0.05, 0) is 34.3 Å². The summed E-state index contributed by atoms with van der Waals surface area (Å²) in [4.78, 5) is 10.7. The van der Waals surface area contributed by atoms with Gasteiger partial charge >= 0.3 is 5.97 Å². The molecule has 76 valence electrons. The van der Waals surface area contributed by atoms with E-state index in [0.29, 0.717) is 5.56 Å². The van der Waals surface area contributed by atoms with Crippen LogP contribution in [0.5, 0.6) is 0 Å². The Labute approximate surface area is 90.9 Å². The van der Waals surface area contributed by atoms with E-state index in [1.165, 1.54) is 12.8 Å². The molecule has 4 heteroatoms. The van der Waals surface area contributed by atoms with E-state index in [-0.39, 0.29) is 0 Å². The zero-order chi connectivity index (χ0) is 10.1. The van der Waals surface area contributed by atoms with Crippen LogP contribution in [0.1, 0.15) is 29.6 Å². The van der Waals surface area contributed by atoms with Gasteiger partial charge in [0, 0.05) is 12.7 Å². The second-order valence-electron chi connectivity index (χ2n) is 3.78. The molecule has 0 aromatic carbocycles. The molecule has 14 heavy (non-hydrogen) atoms. The molecule has 0 bridgehead atoms. The summed E-state index contributed by atoms with van der Waals surface area (Å²) < 4.78 is 2.82. The number of halogens is 1. The fourth-order valence-corrected chi connectivity index (χ4v) is 2.02. The lowest BCUT2D eigenvalue weighted by Crippen LogP contribution is -1.98. The van der Waals surface area contributed by atoms with E-state index in [0.717, 1.165) is 23.5 Å². The van der Waals surface area contributed by atoms with E-state index >= 15 is 0 Å². The first-order chi connectivity index (χ1) is 6.66. The molecule has 2 rings (SSSR count). The molecule has 1 fully saturated rings. The first-order valence-electron chi connectivity index (χ1n) is 4.76. The second-order valence-corrected chi connectivity index (χ2v) is 4.59. The lowest BCUT2D eigenvalue weighted by atomic mass is 10.3. The van der Waals surface area contributed by atoms with Gasteiger partial charge in [0.1, 0.15) is 0 Å². The van der Waals surface area contributed by atoms with Crippen LogP contribution >= 0.6 is 15.9 Å². The third-order valence-corrected chi connectivity index (χ3v) is 3.25. The van der Waals surface area contributed by atoms with Crippen LogP contribution < -0.4 is 0 Å². The highest BCUT2D eigenvalue weighted by Crippen LogP contribution is 2.33. The fraction of sp³-hybridized carbons (Fsp3) is 0.500. The predicted molar refractivity (Wildman–Crippen MR) is 56.4 cm³/mol. The first-order valence-corrected chi connectivity index (χ1v) is 5.55. The van der Waals surface area contributed by atoms with Crippen LogP contribution in [0.2, 0.25) is 0 Å². The van der Waals surface area contributed by atoms with Crippen molar-refractivity contribution in [3.05, 3.63) is 22.4 Å². The van der Waals surface area contributed by atoms with Gasteiger partial charge in [-0.2, -0.15) is 0 Å². The number of rotatable bonds is 4. The topological polar surface area (TPSA) is 42.2 Å². The number of nitrogens with zero attached hydrogens (tertiary/aromatic N) is 1. The molecule has 1 aromatic heterocycles. The Morgan fingerprint density at radius 2 is 2.36 bits per heavy atom. The average Bonchev–Trinajstić information content (AvgIpc) is 2.87. The Hall–Kier alpha value is -0.770. The molecule has 3 nitrogen and oxygen atoms in total. The highest BCUT2D eigenvalue weighted by Gasteiger charge is 2.21. The molecular formula is C10H12BrNO2. The van der Waals surface area contributed by atoms with E-state index in [1.807, 2.05) is 4.57 Å². The average molecular weight is 258 g/mol. The van der Waals surface area contributed by atoms with Gasteiger partial charge in [-0.25, -0.2) is 4.79 Å². The van der Waals surface area contributed by atoms with Gasteiger partial charge in [-0.1, -0.05) is 12.8 Å². The lowest BCUT2D eigenvalue weighted by Gasteiger charge is -2.02. The maximum Gasteiger partial charge on any atom is 0.337 e.